The highest BCUT2D eigenvalue weighted by atomic mass is 16.1. The molecule has 0 unspecified atom stereocenters. The van der Waals surface area contributed by atoms with E-state index in [-0.39, 0.29) is 11.9 Å². The van der Waals surface area contributed by atoms with Crippen LogP contribution in [0, 0.1) is 0 Å². The van der Waals surface area contributed by atoms with Crippen LogP contribution >= 0.6 is 0 Å². The Labute approximate surface area is 96.2 Å². The first kappa shape index (κ1) is 12.4. The topological polar surface area (TPSA) is 67.2 Å². The molecule has 4 nitrogen and oxygen atoms in total. The van der Waals surface area contributed by atoms with Crippen molar-refractivity contribution in [1.82, 2.24) is 5.32 Å². The van der Waals surface area contributed by atoms with Crippen LogP contribution in [-0.4, -0.2) is 18.5 Å². The molecular formula is C12H19N3O. The van der Waals surface area contributed by atoms with E-state index < -0.39 is 0 Å². The van der Waals surface area contributed by atoms with Gasteiger partial charge in [0.1, 0.15) is 0 Å². The van der Waals surface area contributed by atoms with Gasteiger partial charge in [0.2, 0.25) is 0 Å². The summed E-state index contributed by atoms with van der Waals surface area (Å²) >= 11 is 0. The lowest BCUT2D eigenvalue weighted by atomic mass is 10.1. The molecular weight excluding hydrogens is 202 g/mol. The second kappa shape index (κ2) is 5.39. The molecule has 1 amide bonds. The molecule has 1 rings (SSSR count). The average molecular weight is 221 g/mol. The highest BCUT2D eigenvalue weighted by molar-refractivity contribution is 5.96. The van der Waals surface area contributed by atoms with Gasteiger partial charge in [-0.2, -0.15) is 0 Å². The third-order valence-corrected chi connectivity index (χ3v) is 2.10. The van der Waals surface area contributed by atoms with Crippen LogP contribution in [0.2, 0.25) is 0 Å². The molecule has 1 aromatic rings. The molecule has 0 radical (unpaired) electrons. The number of hydrogen-bond acceptors (Lipinski definition) is 3. The fourth-order valence-corrected chi connectivity index (χ4v) is 1.40. The standard InChI is InChI=1S/C12H19N3O/c1-4-14-11-6-5-9(7-10(11)13)12(16)15-8(2)3/h5-8,14H,4,13H2,1-3H3,(H,15,16). The molecule has 0 saturated carbocycles. The van der Waals surface area contributed by atoms with Gasteiger partial charge in [-0.15, -0.1) is 0 Å². The van der Waals surface area contributed by atoms with Crippen LogP contribution in [0.4, 0.5) is 11.4 Å². The van der Waals surface area contributed by atoms with E-state index in [4.69, 9.17) is 5.73 Å². The molecule has 0 aliphatic rings. The van der Waals surface area contributed by atoms with Gasteiger partial charge in [0.15, 0.2) is 0 Å². The number of carbonyl (C=O) groups is 1. The van der Waals surface area contributed by atoms with Crippen molar-refractivity contribution in [1.29, 1.82) is 0 Å². The summed E-state index contributed by atoms with van der Waals surface area (Å²) in [5.41, 5.74) is 7.88. The van der Waals surface area contributed by atoms with E-state index in [9.17, 15) is 4.79 Å². The summed E-state index contributed by atoms with van der Waals surface area (Å²) in [6.07, 6.45) is 0. The van der Waals surface area contributed by atoms with Crippen LogP contribution in [0.15, 0.2) is 18.2 Å². The van der Waals surface area contributed by atoms with Crippen LogP contribution in [0.1, 0.15) is 31.1 Å². The predicted molar refractivity (Wildman–Crippen MR) is 67.6 cm³/mol. The molecule has 0 bridgehead atoms. The van der Waals surface area contributed by atoms with Gasteiger partial charge in [-0.1, -0.05) is 0 Å². The zero-order valence-electron chi connectivity index (χ0n) is 10.0. The van der Waals surface area contributed by atoms with E-state index in [1.807, 2.05) is 26.8 Å². The molecule has 4 N–H and O–H groups in total. The summed E-state index contributed by atoms with van der Waals surface area (Å²) in [4.78, 5) is 11.7. The minimum Gasteiger partial charge on any atom is -0.397 e. The number of carbonyl (C=O) groups excluding carboxylic acids is 1. The minimum absolute atomic E-state index is 0.0928. The Hall–Kier alpha value is -1.71. The molecule has 0 spiro atoms. The molecule has 16 heavy (non-hydrogen) atoms. The zero-order valence-corrected chi connectivity index (χ0v) is 10.0. The maximum Gasteiger partial charge on any atom is 0.251 e. The molecule has 4 heteroatoms. The van der Waals surface area contributed by atoms with Crippen molar-refractivity contribution in [2.75, 3.05) is 17.6 Å². The van der Waals surface area contributed by atoms with Crippen LogP contribution in [-0.2, 0) is 0 Å². The first-order valence-corrected chi connectivity index (χ1v) is 5.48. The number of amides is 1. The normalized spacial score (nSPS) is 10.2. The summed E-state index contributed by atoms with van der Waals surface area (Å²) in [6, 6.07) is 5.41. The third kappa shape index (κ3) is 3.15. The van der Waals surface area contributed by atoms with Gasteiger partial charge >= 0.3 is 0 Å². The zero-order chi connectivity index (χ0) is 12.1. The fraction of sp³-hybridized carbons (Fsp3) is 0.417. The van der Waals surface area contributed by atoms with E-state index >= 15 is 0 Å². The van der Waals surface area contributed by atoms with Gasteiger partial charge in [-0.05, 0) is 39.0 Å². The van der Waals surface area contributed by atoms with E-state index in [1.54, 1.807) is 12.1 Å². The summed E-state index contributed by atoms with van der Waals surface area (Å²) in [5.74, 6) is -0.0928. The molecule has 0 aliphatic heterocycles. The van der Waals surface area contributed by atoms with Gasteiger partial charge in [-0.25, -0.2) is 0 Å². The summed E-state index contributed by atoms with van der Waals surface area (Å²) in [7, 11) is 0. The Morgan fingerprint density at radius 3 is 2.62 bits per heavy atom. The monoisotopic (exact) mass is 221 g/mol. The smallest absolute Gasteiger partial charge is 0.251 e. The van der Waals surface area contributed by atoms with Gasteiger partial charge in [-0.3, -0.25) is 4.79 Å². The van der Waals surface area contributed by atoms with E-state index in [1.165, 1.54) is 0 Å². The fourth-order valence-electron chi connectivity index (χ4n) is 1.40. The Morgan fingerprint density at radius 1 is 1.44 bits per heavy atom. The third-order valence-electron chi connectivity index (χ3n) is 2.10. The first-order valence-electron chi connectivity index (χ1n) is 5.48. The van der Waals surface area contributed by atoms with Crippen LogP contribution in [0.3, 0.4) is 0 Å². The second-order valence-electron chi connectivity index (χ2n) is 3.96. The highest BCUT2D eigenvalue weighted by Crippen LogP contribution is 2.19. The molecule has 0 aliphatic carbocycles. The number of hydrogen-bond donors (Lipinski definition) is 3. The lowest BCUT2D eigenvalue weighted by Crippen LogP contribution is -2.30. The Bertz CT molecular complexity index is 375. The summed E-state index contributed by atoms with van der Waals surface area (Å²) in [6.45, 7) is 6.66. The first-order chi connectivity index (χ1) is 7.54. The second-order valence-corrected chi connectivity index (χ2v) is 3.96. The summed E-state index contributed by atoms with van der Waals surface area (Å²) < 4.78 is 0. The van der Waals surface area contributed by atoms with E-state index in [0.717, 1.165) is 12.2 Å². The van der Waals surface area contributed by atoms with Gasteiger partial charge in [0.05, 0.1) is 11.4 Å². The van der Waals surface area contributed by atoms with Crippen molar-refractivity contribution in [2.24, 2.45) is 0 Å². The molecule has 0 fully saturated rings. The number of nitrogens with one attached hydrogen (secondary N) is 2. The SMILES string of the molecule is CCNc1ccc(C(=O)NC(C)C)cc1N. The van der Waals surface area contributed by atoms with Crippen LogP contribution in [0.25, 0.3) is 0 Å². The molecule has 0 atom stereocenters. The quantitative estimate of drug-likeness (QED) is 0.680. The van der Waals surface area contributed by atoms with Crippen molar-refractivity contribution in [2.45, 2.75) is 26.8 Å². The number of nitrogens with two attached hydrogens (primary N) is 1. The van der Waals surface area contributed by atoms with Crippen molar-refractivity contribution in [3.05, 3.63) is 23.8 Å². The Morgan fingerprint density at radius 2 is 2.12 bits per heavy atom. The molecule has 0 heterocycles. The maximum absolute atomic E-state index is 11.7. The number of benzene rings is 1. The van der Waals surface area contributed by atoms with Gasteiger partial charge in [0.25, 0.3) is 5.91 Å². The van der Waals surface area contributed by atoms with Crippen molar-refractivity contribution in [3.8, 4) is 0 Å². The number of anilines is 2. The molecule has 1 aromatic carbocycles. The average Bonchev–Trinajstić information content (AvgIpc) is 2.20. The molecule has 88 valence electrons. The number of nitrogen functional groups attached to an aromatic ring is 1. The van der Waals surface area contributed by atoms with Crippen molar-refractivity contribution < 1.29 is 4.79 Å². The van der Waals surface area contributed by atoms with E-state index in [2.05, 4.69) is 10.6 Å². The highest BCUT2D eigenvalue weighted by Gasteiger charge is 2.08. The van der Waals surface area contributed by atoms with E-state index in [0.29, 0.717) is 11.3 Å². The Kier molecular flexibility index (Phi) is 4.17. The Balaban J connectivity index is 2.84. The number of rotatable bonds is 4. The minimum atomic E-state index is -0.0928. The maximum atomic E-state index is 11.7. The largest absolute Gasteiger partial charge is 0.397 e. The molecule has 0 saturated heterocycles. The molecule has 0 aromatic heterocycles. The van der Waals surface area contributed by atoms with Crippen molar-refractivity contribution >= 4 is 17.3 Å². The van der Waals surface area contributed by atoms with Crippen LogP contribution < -0.4 is 16.4 Å². The predicted octanol–water partition coefficient (Wildman–Crippen LogP) is 1.84. The van der Waals surface area contributed by atoms with Crippen molar-refractivity contribution in [3.63, 3.8) is 0 Å². The lowest BCUT2D eigenvalue weighted by molar-refractivity contribution is 0.0943. The van der Waals surface area contributed by atoms with Gasteiger partial charge < -0.3 is 16.4 Å². The summed E-state index contributed by atoms with van der Waals surface area (Å²) in [5, 5.41) is 5.95. The lowest BCUT2D eigenvalue weighted by Gasteiger charge is -2.11. The van der Waals surface area contributed by atoms with Crippen LogP contribution in [0.5, 0.6) is 0 Å². The van der Waals surface area contributed by atoms with Gasteiger partial charge in [0, 0.05) is 18.2 Å².